The molecule has 0 saturated carbocycles. The second-order valence-corrected chi connectivity index (χ2v) is 7.37. The van der Waals surface area contributed by atoms with Crippen LogP contribution in [0.4, 0.5) is 10.5 Å². The molecule has 1 aliphatic heterocycles. The summed E-state index contributed by atoms with van der Waals surface area (Å²) < 4.78 is 5.22. The van der Waals surface area contributed by atoms with Crippen molar-refractivity contribution in [1.29, 1.82) is 0 Å². The lowest BCUT2D eigenvalue weighted by Crippen LogP contribution is -2.43. The number of fused-ring (bicyclic) bond motifs is 1. The first-order valence-corrected chi connectivity index (χ1v) is 8.80. The van der Waals surface area contributed by atoms with E-state index in [-0.39, 0.29) is 12.0 Å². The third-order valence-corrected chi connectivity index (χ3v) is 4.12. The summed E-state index contributed by atoms with van der Waals surface area (Å²) in [4.78, 5) is 29.3. The second-order valence-electron chi connectivity index (χ2n) is 7.37. The molecule has 140 valence electrons. The van der Waals surface area contributed by atoms with Gasteiger partial charge in [0.05, 0.1) is 5.71 Å². The van der Waals surface area contributed by atoms with Crippen LogP contribution in [0.3, 0.4) is 0 Å². The van der Waals surface area contributed by atoms with Crippen molar-refractivity contribution >= 4 is 23.4 Å². The van der Waals surface area contributed by atoms with E-state index in [1.165, 1.54) is 0 Å². The van der Waals surface area contributed by atoms with Crippen LogP contribution in [0.5, 0.6) is 0 Å². The normalized spacial score (nSPS) is 16.5. The predicted octanol–water partition coefficient (Wildman–Crippen LogP) is 3.73. The van der Waals surface area contributed by atoms with Crippen molar-refractivity contribution in [3.63, 3.8) is 0 Å². The van der Waals surface area contributed by atoms with E-state index in [9.17, 15) is 9.59 Å². The molecule has 0 radical (unpaired) electrons. The van der Waals surface area contributed by atoms with Crippen LogP contribution in [0.1, 0.15) is 31.9 Å². The highest BCUT2D eigenvalue weighted by Gasteiger charge is 2.31. The van der Waals surface area contributed by atoms with E-state index in [1.54, 1.807) is 0 Å². The second kappa shape index (κ2) is 7.61. The highest BCUT2D eigenvalue weighted by atomic mass is 16.5. The minimum Gasteiger partial charge on any atom is -0.445 e. The monoisotopic (exact) mass is 365 g/mol. The summed E-state index contributed by atoms with van der Waals surface area (Å²) in [6, 6.07) is 16.8. The van der Waals surface area contributed by atoms with Crippen LogP contribution >= 0.6 is 0 Å². The molecular weight excluding hydrogens is 342 g/mol. The molecule has 6 nitrogen and oxygen atoms in total. The van der Waals surface area contributed by atoms with Crippen LogP contribution < -0.4 is 10.6 Å². The average Bonchev–Trinajstić information content (AvgIpc) is 2.77. The molecule has 0 aromatic heterocycles. The molecule has 1 heterocycles. The first kappa shape index (κ1) is 18.6. The van der Waals surface area contributed by atoms with Gasteiger partial charge in [-0.3, -0.25) is 15.1 Å². The Morgan fingerprint density at radius 3 is 2.48 bits per heavy atom. The topological polar surface area (TPSA) is 79.8 Å². The Bertz CT molecular complexity index is 870. The molecule has 0 fully saturated rings. The number of benzodiazepines with no additional fused rings is 1. The molecule has 6 heteroatoms. The molecule has 27 heavy (non-hydrogen) atoms. The molecule has 2 aromatic carbocycles. The van der Waals surface area contributed by atoms with Crippen molar-refractivity contribution in [2.75, 3.05) is 5.32 Å². The summed E-state index contributed by atoms with van der Waals surface area (Å²) in [5, 5.41) is 5.39. The van der Waals surface area contributed by atoms with Gasteiger partial charge in [-0.15, -0.1) is 0 Å². The minimum absolute atomic E-state index is 0.122. The molecule has 1 atom stereocenters. The lowest BCUT2D eigenvalue weighted by Gasteiger charge is -2.23. The number of carbonyl (C=O) groups excluding carboxylic acids is 2. The summed E-state index contributed by atoms with van der Waals surface area (Å²) in [5.74, 6) is -0.404. The van der Waals surface area contributed by atoms with E-state index in [0.717, 1.165) is 16.8 Å². The zero-order valence-corrected chi connectivity index (χ0v) is 15.7. The Hall–Kier alpha value is -3.15. The number of amides is 2. The van der Waals surface area contributed by atoms with Crippen LogP contribution in [0.25, 0.3) is 0 Å². The molecule has 3 rings (SSSR count). The van der Waals surface area contributed by atoms with Crippen molar-refractivity contribution in [2.24, 2.45) is 10.4 Å². The zero-order chi connectivity index (χ0) is 19.4. The fourth-order valence-electron chi connectivity index (χ4n) is 2.83. The molecule has 2 aromatic rings. The number of nitrogens with zero attached hydrogens (tertiary/aromatic N) is 1. The molecule has 2 N–H and O–H groups in total. The number of anilines is 1. The summed E-state index contributed by atoms with van der Waals surface area (Å²) in [7, 11) is 0. The van der Waals surface area contributed by atoms with Crippen LogP contribution in [0.15, 0.2) is 59.6 Å². The van der Waals surface area contributed by atoms with E-state index in [0.29, 0.717) is 5.69 Å². The summed E-state index contributed by atoms with van der Waals surface area (Å²) >= 11 is 0. The van der Waals surface area contributed by atoms with Gasteiger partial charge in [0.25, 0.3) is 5.91 Å². The third-order valence-electron chi connectivity index (χ3n) is 4.12. The number of aliphatic imine (C=N–C) groups is 1. The van der Waals surface area contributed by atoms with E-state index < -0.39 is 18.2 Å². The number of hydrogen-bond donors (Lipinski definition) is 2. The Kier molecular flexibility index (Phi) is 5.26. The van der Waals surface area contributed by atoms with Crippen LogP contribution in [-0.2, 0) is 16.1 Å². The lowest BCUT2D eigenvalue weighted by molar-refractivity contribution is -0.117. The fraction of sp³-hybridized carbons (Fsp3) is 0.286. The lowest BCUT2D eigenvalue weighted by atomic mass is 9.85. The highest BCUT2D eigenvalue weighted by molar-refractivity contribution is 6.14. The minimum atomic E-state index is -1.06. The first-order chi connectivity index (χ1) is 12.8. The Labute approximate surface area is 158 Å². The quantitative estimate of drug-likeness (QED) is 0.870. The number of carbonyl (C=O) groups is 2. The Morgan fingerprint density at radius 1 is 1.11 bits per heavy atom. The maximum atomic E-state index is 12.6. The molecule has 0 aliphatic carbocycles. The van der Waals surface area contributed by atoms with Gasteiger partial charge in [0.15, 0.2) is 0 Å². The van der Waals surface area contributed by atoms with E-state index in [4.69, 9.17) is 4.74 Å². The zero-order valence-electron chi connectivity index (χ0n) is 15.7. The van der Waals surface area contributed by atoms with Crippen molar-refractivity contribution in [2.45, 2.75) is 33.5 Å². The maximum absolute atomic E-state index is 12.6. The Morgan fingerprint density at radius 2 is 1.78 bits per heavy atom. The first-order valence-electron chi connectivity index (χ1n) is 8.80. The summed E-state index contributed by atoms with van der Waals surface area (Å²) in [6.07, 6.45) is -1.75. The molecule has 0 bridgehead atoms. The van der Waals surface area contributed by atoms with Crippen LogP contribution in [0, 0.1) is 5.41 Å². The number of ether oxygens (including phenoxy) is 1. The molecular formula is C21H23N3O3. The molecule has 2 amide bonds. The molecule has 0 spiro atoms. The van der Waals surface area contributed by atoms with Crippen LogP contribution in [-0.4, -0.2) is 23.9 Å². The molecule has 0 saturated heterocycles. The van der Waals surface area contributed by atoms with Gasteiger partial charge in [-0.05, 0) is 11.6 Å². The van der Waals surface area contributed by atoms with Gasteiger partial charge in [0.2, 0.25) is 6.17 Å². The third kappa shape index (κ3) is 4.53. The SMILES string of the molecule is CC(C)(C)C1=N[C@H](NC(=O)OCc2ccccc2)C(=O)Nc2ccccc21. The summed E-state index contributed by atoms with van der Waals surface area (Å²) in [6.45, 7) is 6.17. The van der Waals surface area contributed by atoms with Gasteiger partial charge in [-0.1, -0.05) is 69.3 Å². The van der Waals surface area contributed by atoms with Gasteiger partial charge in [-0.2, -0.15) is 0 Å². The number of para-hydroxylation sites is 1. The predicted molar refractivity (Wildman–Crippen MR) is 105 cm³/mol. The Balaban J connectivity index is 1.78. The van der Waals surface area contributed by atoms with Gasteiger partial charge >= 0.3 is 6.09 Å². The van der Waals surface area contributed by atoms with Gasteiger partial charge in [0.1, 0.15) is 6.61 Å². The van der Waals surface area contributed by atoms with Crippen molar-refractivity contribution in [1.82, 2.24) is 5.32 Å². The number of benzene rings is 2. The van der Waals surface area contributed by atoms with Crippen molar-refractivity contribution in [3.8, 4) is 0 Å². The standard InChI is InChI=1S/C21H23N3O3/c1-21(2,3)17-15-11-7-8-12-16(15)22-19(25)18(23-17)24-20(26)27-13-14-9-5-4-6-10-14/h4-12,18H,13H2,1-3H3,(H,22,25)(H,24,26)/t18-/m1/s1. The number of alkyl carbamates (subject to hydrolysis) is 1. The number of hydrogen-bond acceptors (Lipinski definition) is 4. The summed E-state index contributed by atoms with van der Waals surface area (Å²) in [5.41, 5.74) is 2.82. The van der Waals surface area contributed by atoms with Crippen molar-refractivity contribution in [3.05, 3.63) is 65.7 Å². The molecule has 1 aliphatic rings. The largest absolute Gasteiger partial charge is 0.445 e. The smallest absolute Gasteiger partial charge is 0.409 e. The van der Waals surface area contributed by atoms with Gasteiger partial charge in [-0.25, -0.2) is 4.79 Å². The molecule has 0 unspecified atom stereocenters. The highest BCUT2D eigenvalue weighted by Crippen LogP contribution is 2.29. The van der Waals surface area contributed by atoms with E-state index in [2.05, 4.69) is 15.6 Å². The average molecular weight is 365 g/mol. The van der Waals surface area contributed by atoms with E-state index >= 15 is 0 Å². The van der Waals surface area contributed by atoms with Gasteiger partial charge < -0.3 is 10.1 Å². The maximum Gasteiger partial charge on any atom is 0.409 e. The van der Waals surface area contributed by atoms with Gasteiger partial charge in [0, 0.05) is 16.7 Å². The number of nitrogens with one attached hydrogen (secondary N) is 2. The van der Waals surface area contributed by atoms with Crippen molar-refractivity contribution < 1.29 is 14.3 Å². The van der Waals surface area contributed by atoms with E-state index in [1.807, 2.05) is 75.4 Å². The number of rotatable bonds is 3. The fourth-order valence-corrected chi connectivity index (χ4v) is 2.83. The van der Waals surface area contributed by atoms with Crippen LogP contribution in [0.2, 0.25) is 0 Å².